The van der Waals surface area contributed by atoms with Crippen molar-refractivity contribution < 1.29 is 38.0 Å². The largest absolute Gasteiger partial charge is 0.495 e. The first-order valence-corrected chi connectivity index (χ1v) is 11.5. The molecule has 8 heteroatoms. The number of ether oxygens (including phenoxy) is 1. The molecule has 0 aromatic rings. The van der Waals surface area contributed by atoms with Crippen LogP contribution in [0, 0.1) is 17.8 Å². The van der Waals surface area contributed by atoms with Gasteiger partial charge in [0.2, 0.25) is 0 Å². The monoisotopic (exact) mass is 472 g/mol. The van der Waals surface area contributed by atoms with Crippen molar-refractivity contribution in [2.45, 2.75) is 76.9 Å². The maximum absolute atomic E-state index is 13.0. The number of carbonyl (C=O) groups is 1. The van der Waals surface area contributed by atoms with E-state index in [2.05, 4.69) is 0 Å². The summed E-state index contributed by atoms with van der Waals surface area (Å²) in [4.78, 5) is 11.0. The molecular weight excluding hydrogens is 437 g/mol. The second-order valence-electron chi connectivity index (χ2n) is 9.09. The minimum Gasteiger partial charge on any atom is -0.495 e. The van der Waals surface area contributed by atoms with E-state index in [1.54, 1.807) is 19.9 Å². The summed E-state index contributed by atoms with van der Waals surface area (Å²) < 4.78 is 44.3. The van der Waals surface area contributed by atoms with E-state index < -0.39 is 30.1 Å². The Kier molecular flexibility index (Phi) is 10.4. The van der Waals surface area contributed by atoms with Gasteiger partial charge in [-0.2, -0.15) is 13.2 Å². The zero-order valence-electron chi connectivity index (χ0n) is 19.2. The van der Waals surface area contributed by atoms with Crippen molar-refractivity contribution >= 4 is 5.78 Å². The number of carbonyl (C=O) groups excluding carboxylic acids is 1. The lowest BCUT2D eigenvalue weighted by Gasteiger charge is -2.22. The number of Topliss-reactive ketones (excluding diaryl/α,β-unsaturated/α-hetero) is 1. The molecule has 0 aliphatic heterocycles. The van der Waals surface area contributed by atoms with Gasteiger partial charge in [-0.3, -0.25) is 0 Å². The van der Waals surface area contributed by atoms with Gasteiger partial charge in [-0.25, -0.2) is 0 Å². The Morgan fingerprint density at radius 3 is 2.67 bits per heavy atom. The van der Waals surface area contributed by atoms with Gasteiger partial charge in [-0.1, -0.05) is 37.3 Å². The van der Waals surface area contributed by atoms with Gasteiger partial charge in [0.05, 0.1) is 23.5 Å². The molecule has 0 amide bonds. The van der Waals surface area contributed by atoms with Gasteiger partial charge >= 0.3 is 6.18 Å². The minimum absolute atomic E-state index is 0.150. The summed E-state index contributed by atoms with van der Waals surface area (Å²) in [7, 11) is 0. The summed E-state index contributed by atoms with van der Waals surface area (Å²) in [6.45, 7) is 3.02. The van der Waals surface area contributed by atoms with Crippen molar-refractivity contribution in [2.75, 3.05) is 6.61 Å². The smallest absolute Gasteiger partial charge is 0.416 e. The quantitative estimate of drug-likeness (QED) is 0.307. The Labute approximate surface area is 193 Å². The summed E-state index contributed by atoms with van der Waals surface area (Å²) in [5, 5.41) is 30.8. The Bertz CT molecular complexity index is 768. The van der Waals surface area contributed by atoms with E-state index in [-0.39, 0.29) is 42.3 Å². The zero-order chi connectivity index (χ0) is 24.6. The van der Waals surface area contributed by atoms with Crippen molar-refractivity contribution in [3.8, 4) is 0 Å². The standard InChI is InChI=1S/C25H35F3O5/c1-16-11-18(25(26,27)28)13-20(12-16)33-15-19(30)9-10-22-21(23(31)14-24(22)32)8-6-4-3-5-7-17(2)29/h4,6,9-11,13,16,19,21-24,30-32H,3,5,7-8,12,14-15H2,1-2H3/b6-4-,10-9+/t16-,19+,21+,22+,23-,24+/m0/s1. The first-order chi connectivity index (χ1) is 15.5. The predicted molar refractivity (Wildman–Crippen MR) is 119 cm³/mol. The molecule has 1 saturated carbocycles. The first kappa shape index (κ1) is 27.3. The lowest BCUT2D eigenvalue weighted by Crippen LogP contribution is -2.21. The van der Waals surface area contributed by atoms with Crippen molar-refractivity contribution in [3.05, 3.63) is 47.8 Å². The summed E-state index contributed by atoms with van der Waals surface area (Å²) in [6, 6.07) is 0. The highest BCUT2D eigenvalue weighted by molar-refractivity contribution is 5.75. The van der Waals surface area contributed by atoms with Crippen molar-refractivity contribution in [3.63, 3.8) is 0 Å². The van der Waals surface area contributed by atoms with Crippen molar-refractivity contribution in [1.82, 2.24) is 0 Å². The number of aliphatic hydroxyl groups is 3. The third-order valence-corrected chi connectivity index (χ3v) is 6.02. The van der Waals surface area contributed by atoms with Crippen LogP contribution in [0.4, 0.5) is 13.2 Å². The molecule has 2 rings (SSSR count). The number of hydrogen-bond acceptors (Lipinski definition) is 5. The average Bonchev–Trinajstić information content (AvgIpc) is 2.98. The number of halogens is 3. The number of allylic oxidation sites excluding steroid dienone is 6. The van der Waals surface area contributed by atoms with Crippen LogP contribution in [0.25, 0.3) is 0 Å². The molecule has 1 fully saturated rings. The van der Waals surface area contributed by atoms with E-state index in [1.165, 1.54) is 6.08 Å². The molecule has 0 radical (unpaired) electrons. The highest BCUT2D eigenvalue weighted by atomic mass is 19.4. The van der Waals surface area contributed by atoms with Crippen LogP contribution in [-0.4, -0.2) is 52.2 Å². The van der Waals surface area contributed by atoms with E-state index in [1.807, 2.05) is 12.2 Å². The molecule has 2 aliphatic rings. The molecule has 0 saturated heterocycles. The first-order valence-electron chi connectivity index (χ1n) is 11.5. The average molecular weight is 473 g/mol. The van der Waals surface area contributed by atoms with Crippen LogP contribution in [0.3, 0.4) is 0 Å². The molecule has 0 heterocycles. The Hall–Kier alpha value is -1.90. The molecule has 33 heavy (non-hydrogen) atoms. The van der Waals surface area contributed by atoms with Crippen molar-refractivity contribution in [1.29, 1.82) is 0 Å². The molecule has 5 nitrogen and oxygen atoms in total. The van der Waals surface area contributed by atoms with Crippen LogP contribution in [0.1, 0.15) is 52.4 Å². The third kappa shape index (κ3) is 9.10. The van der Waals surface area contributed by atoms with Gasteiger partial charge in [0.25, 0.3) is 0 Å². The molecule has 2 aliphatic carbocycles. The Balaban J connectivity index is 1.88. The van der Waals surface area contributed by atoms with Gasteiger partial charge in [0, 0.05) is 25.2 Å². The van der Waals surface area contributed by atoms with Crippen LogP contribution in [0.2, 0.25) is 0 Å². The summed E-state index contributed by atoms with van der Waals surface area (Å²) in [5.74, 6) is -0.563. The zero-order valence-corrected chi connectivity index (χ0v) is 19.2. The highest BCUT2D eigenvalue weighted by Gasteiger charge is 2.39. The van der Waals surface area contributed by atoms with Crippen LogP contribution >= 0.6 is 0 Å². The van der Waals surface area contributed by atoms with E-state index in [0.29, 0.717) is 19.3 Å². The molecular formula is C25H35F3O5. The number of rotatable bonds is 11. The second kappa shape index (κ2) is 12.5. The normalized spacial score (nSPS) is 29.4. The third-order valence-electron chi connectivity index (χ3n) is 6.02. The molecule has 0 aromatic carbocycles. The Morgan fingerprint density at radius 1 is 1.27 bits per heavy atom. The fraction of sp³-hybridized carbons (Fsp3) is 0.640. The second-order valence-corrected chi connectivity index (χ2v) is 9.09. The lowest BCUT2D eigenvalue weighted by atomic mass is 9.89. The molecule has 186 valence electrons. The minimum atomic E-state index is -4.45. The summed E-state index contributed by atoms with van der Waals surface area (Å²) in [6.07, 6.45) is 5.40. The van der Waals surface area contributed by atoms with Gasteiger partial charge in [-0.05, 0) is 44.1 Å². The molecule has 0 spiro atoms. The predicted octanol–water partition coefficient (Wildman–Crippen LogP) is 4.40. The summed E-state index contributed by atoms with van der Waals surface area (Å²) >= 11 is 0. The number of ketones is 1. The van der Waals surface area contributed by atoms with Gasteiger partial charge < -0.3 is 24.9 Å². The maximum atomic E-state index is 13.0. The fourth-order valence-corrected chi connectivity index (χ4v) is 4.29. The highest BCUT2D eigenvalue weighted by Crippen LogP contribution is 2.37. The van der Waals surface area contributed by atoms with E-state index in [4.69, 9.17) is 4.74 Å². The van der Waals surface area contributed by atoms with Gasteiger partial charge in [0.1, 0.15) is 18.5 Å². The Morgan fingerprint density at radius 2 is 2.00 bits per heavy atom. The molecule has 0 unspecified atom stereocenters. The molecule has 0 bridgehead atoms. The lowest BCUT2D eigenvalue weighted by molar-refractivity contribution is -0.117. The number of hydrogen-bond donors (Lipinski definition) is 3. The van der Waals surface area contributed by atoms with Crippen molar-refractivity contribution in [2.24, 2.45) is 17.8 Å². The van der Waals surface area contributed by atoms with E-state index >= 15 is 0 Å². The topological polar surface area (TPSA) is 87.0 Å². The van der Waals surface area contributed by atoms with Crippen LogP contribution in [-0.2, 0) is 9.53 Å². The van der Waals surface area contributed by atoms with Crippen LogP contribution in [0.15, 0.2) is 47.8 Å². The van der Waals surface area contributed by atoms with Crippen LogP contribution < -0.4 is 0 Å². The maximum Gasteiger partial charge on any atom is 0.416 e. The molecule has 0 aromatic heterocycles. The fourth-order valence-electron chi connectivity index (χ4n) is 4.29. The number of aliphatic hydroxyl groups excluding tert-OH is 3. The van der Waals surface area contributed by atoms with Crippen LogP contribution in [0.5, 0.6) is 0 Å². The number of unbranched alkanes of at least 4 members (excludes halogenated alkanes) is 1. The van der Waals surface area contributed by atoms with Gasteiger partial charge in [0.15, 0.2) is 0 Å². The SMILES string of the molecule is CC(=O)CCC/C=C\C[C@@H]1[C@@H](/C=C/[C@@H](O)COC2=CC(C(F)(F)F)=C[C@H](C)C2)[C@H](O)C[C@@H]1O. The van der Waals surface area contributed by atoms with E-state index in [9.17, 15) is 33.3 Å². The van der Waals surface area contributed by atoms with Gasteiger partial charge in [-0.15, -0.1) is 0 Å². The molecule has 6 atom stereocenters. The van der Waals surface area contributed by atoms with E-state index in [0.717, 1.165) is 25.0 Å². The molecule has 3 N–H and O–H groups in total. The number of alkyl halides is 3. The summed E-state index contributed by atoms with van der Waals surface area (Å²) in [5.41, 5.74) is -0.749.